The van der Waals surface area contributed by atoms with Crippen LogP contribution >= 0.6 is 12.2 Å². The average molecular weight is 448 g/mol. The van der Waals surface area contributed by atoms with Crippen LogP contribution in [0.25, 0.3) is 0 Å². The number of hydrogen-bond donors (Lipinski definition) is 1. The Balaban J connectivity index is 1.42. The van der Waals surface area contributed by atoms with Crippen molar-refractivity contribution in [3.63, 3.8) is 0 Å². The van der Waals surface area contributed by atoms with E-state index in [0.717, 1.165) is 62.7 Å². The Kier molecular flexibility index (Phi) is 8.51. The first-order valence-corrected chi connectivity index (χ1v) is 11.7. The zero-order valence-corrected chi connectivity index (χ0v) is 19.3. The third-order valence-corrected chi connectivity index (χ3v) is 6.57. The van der Waals surface area contributed by atoms with Crippen LogP contribution in [0.2, 0.25) is 0 Å². The molecule has 2 saturated heterocycles. The standard InChI is InChI=1S/C23H33N3O4S/c1-3-29-21(27)19-5-7-20(8-6-19)24-22(31)25-13-9-17(10-14-25)18-11-15-26(16-12-18)23(28)30-4-2/h5-8,17-18H,3-4,9-16H2,1-2H3,(H,24,31). The Morgan fingerprint density at radius 3 is 1.94 bits per heavy atom. The van der Waals surface area contributed by atoms with Crippen LogP contribution in [0.5, 0.6) is 0 Å². The van der Waals surface area contributed by atoms with Gasteiger partial charge in [0.2, 0.25) is 0 Å². The second-order valence-corrected chi connectivity index (χ2v) is 8.46. The summed E-state index contributed by atoms with van der Waals surface area (Å²) in [4.78, 5) is 27.7. The Bertz CT molecular complexity index is 755. The Morgan fingerprint density at radius 2 is 1.42 bits per heavy atom. The van der Waals surface area contributed by atoms with Gasteiger partial charge >= 0.3 is 12.1 Å². The van der Waals surface area contributed by atoms with Gasteiger partial charge in [-0.25, -0.2) is 9.59 Å². The molecule has 0 atom stereocenters. The number of benzene rings is 1. The lowest BCUT2D eigenvalue weighted by atomic mass is 9.79. The molecular formula is C23H33N3O4S. The second kappa shape index (κ2) is 11.3. The van der Waals surface area contributed by atoms with Gasteiger partial charge in [0, 0.05) is 31.9 Å². The van der Waals surface area contributed by atoms with Crippen molar-refractivity contribution in [3.8, 4) is 0 Å². The molecule has 7 nitrogen and oxygen atoms in total. The number of piperidine rings is 2. The Morgan fingerprint density at radius 1 is 0.903 bits per heavy atom. The molecule has 0 radical (unpaired) electrons. The van der Waals surface area contributed by atoms with Crippen molar-refractivity contribution >= 4 is 35.1 Å². The molecule has 0 aliphatic carbocycles. The number of carbonyl (C=O) groups is 2. The number of likely N-dealkylation sites (tertiary alicyclic amines) is 2. The number of ether oxygens (including phenoxy) is 2. The largest absolute Gasteiger partial charge is 0.462 e. The molecule has 1 N–H and O–H groups in total. The first-order valence-electron chi connectivity index (χ1n) is 11.3. The minimum Gasteiger partial charge on any atom is -0.462 e. The van der Waals surface area contributed by atoms with Gasteiger partial charge in [0.15, 0.2) is 5.11 Å². The third-order valence-electron chi connectivity index (χ3n) is 6.21. The van der Waals surface area contributed by atoms with Gasteiger partial charge < -0.3 is 24.6 Å². The van der Waals surface area contributed by atoms with E-state index < -0.39 is 0 Å². The average Bonchev–Trinajstić information content (AvgIpc) is 2.80. The number of esters is 1. The number of amides is 1. The fraction of sp³-hybridized carbons (Fsp3) is 0.609. The van der Waals surface area contributed by atoms with E-state index in [0.29, 0.717) is 30.6 Å². The van der Waals surface area contributed by atoms with Crippen molar-refractivity contribution in [1.29, 1.82) is 0 Å². The highest BCUT2D eigenvalue weighted by Gasteiger charge is 2.31. The highest BCUT2D eigenvalue weighted by atomic mass is 32.1. The van der Waals surface area contributed by atoms with Crippen LogP contribution in [0.4, 0.5) is 10.5 Å². The highest BCUT2D eigenvalue weighted by molar-refractivity contribution is 7.80. The molecule has 3 rings (SSSR count). The summed E-state index contributed by atoms with van der Waals surface area (Å²) in [6.45, 7) is 7.91. The number of thiocarbonyl (C=S) groups is 1. The molecule has 1 aromatic carbocycles. The van der Waals surface area contributed by atoms with Crippen LogP contribution in [-0.4, -0.2) is 66.4 Å². The number of carbonyl (C=O) groups excluding carboxylic acids is 2. The fourth-order valence-corrected chi connectivity index (χ4v) is 4.75. The molecule has 2 fully saturated rings. The maximum absolute atomic E-state index is 11.9. The van der Waals surface area contributed by atoms with Gasteiger partial charge in [0.1, 0.15) is 0 Å². The summed E-state index contributed by atoms with van der Waals surface area (Å²) in [7, 11) is 0. The van der Waals surface area contributed by atoms with Crippen molar-refractivity contribution in [3.05, 3.63) is 29.8 Å². The molecule has 0 spiro atoms. The van der Waals surface area contributed by atoms with E-state index in [2.05, 4.69) is 10.2 Å². The van der Waals surface area contributed by atoms with Crippen LogP contribution in [0.1, 0.15) is 49.9 Å². The smallest absolute Gasteiger partial charge is 0.409 e. The molecule has 0 unspecified atom stereocenters. The van der Waals surface area contributed by atoms with E-state index in [9.17, 15) is 9.59 Å². The lowest BCUT2D eigenvalue weighted by molar-refractivity contribution is 0.0526. The number of hydrogen-bond acceptors (Lipinski definition) is 5. The predicted molar refractivity (Wildman–Crippen MR) is 124 cm³/mol. The number of nitrogens with one attached hydrogen (secondary N) is 1. The fourth-order valence-electron chi connectivity index (χ4n) is 4.45. The summed E-state index contributed by atoms with van der Waals surface area (Å²) in [6.07, 6.45) is 4.17. The Labute approximate surface area is 190 Å². The van der Waals surface area contributed by atoms with Crippen LogP contribution in [0.15, 0.2) is 24.3 Å². The zero-order valence-electron chi connectivity index (χ0n) is 18.5. The van der Waals surface area contributed by atoms with Gasteiger partial charge in [0.25, 0.3) is 0 Å². The lowest BCUT2D eigenvalue weighted by Gasteiger charge is -2.40. The summed E-state index contributed by atoms with van der Waals surface area (Å²) < 4.78 is 10.1. The topological polar surface area (TPSA) is 71.1 Å². The predicted octanol–water partition coefficient (Wildman–Crippen LogP) is 4.14. The van der Waals surface area contributed by atoms with Gasteiger partial charge in [0.05, 0.1) is 18.8 Å². The van der Waals surface area contributed by atoms with E-state index in [-0.39, 0.29) is 12.1 Å². The Hall–Kier alpha value is -2.35. The summed E-state index contributed by atoms with van der Waals surface area (Å²) in [5, 5.41) is 4.00. The minimum atomic E-state index is -0.313. The number of anilines is 1. The van der Waals surface area contributed by atoms with Crippen LogP contribution in [0, 0.1) is 11.8 Å². The molecule has 0 saturated carbocycles. The van der Waals surface area contributed by atoms with E-state index in [1.807, 2.05) is 24.0 Å². The quantitative estimate of drug-likeness (QED) is 0.537. The maximum Gasteiger partial charge on any atom is 0.409 e. The van der Waals surface area contributed by atoms with Gasteiger partial charge in [-0.3, -0.25) is 0 Å². The summed E-state index contributed by atoms with van der Waals surface area (Å²) in [5.41, 5.74) is 1.40. The third kappa shape index (κ3) is 6.32. The van der Waals surface area contributed by atoms with E-state index in [1.54, 1.807) is 19.1 Å². The summed E-state index contributed by atoms with van der Waals surface area (Å²) in [6, 6.07) is 7.20. The molecule has 0 bridgehead atoms. The van der Waals surface area contributed by atoms with Crippen molar-refractivity contribution in [2.24, 2.45) is 11.8 Å². The molecule has 170 valence electrons. The molecule has 31 heavy (non-hydrogen) atoms. The normalized spacial score (nSPS) is 17.9. The van der Waals surface area contributed by atoms with Crippen molar-refractivity contribution in [1.82, 2.24) is 9.80 Å². The van der Waals surface area contributed by atoms with Crippen molar-refractivity contribution in [2.45, 2.75) is 39.5 Å². The molecule has 1 amide bonds. The zero-order chi connectivity index (χ0) is 22.2. The molecule has 2 aliphatic heterocycles. The molecular weight excluding hydrogens is 414 g/mol. The summed E-state index contributed by atoms with van der Waals surface area (Å²) in [5.74, 6) is 1.05. The molecule has 8 heteroatoms. The number of rotatable bonds is 5. The van der Waals surface area contributed by atoms with Gasteiger partial charge in [-0.05, 0) is 87.8 Å². The minimum absolute atomic E-state index is 0.178. The van der Waals surface area contributed by atoms with Gasteiger partial charge in [-0.1, -0.05) is 0 Å². The van der Waals surface area contributed by atoms with E-state index >= 15 is 0 Å². The van der Waals surface area contributed by atoms with Crippen LogP contribution in [0.3, 0.4) is 0 Å². The van der Waals surface area contributed by atoms with Crippen molar-refractivity contribution < 1.29 is 19.1 Å². The molecule has 0 aromatic heterocycles. The molecule has 2 aliphatic rings. The van der Waals surface area contributed by atoms with Crippen LogP contribution < -0.4 is 5.32 Å². The first-order chi connectivity index (χ1) is 15.0. The molecule has 1 aromatic rings. The SMILES string of the molecule is CCOC(=O)c1ccc(NC(=S)N2CCC(C3CCN(C(=O)OCC)CC3)CC2)cc1. The monoisotopic (exact) mass is 447 g/mol. The summed E-state index contributed by atoms with van der Waals surface area (Å²) >= 11 is 5.61. The maximum atomic E-state index is 11.9. The van der Waals surface area contributed by atoms with E-state index in [1.165, 1.54) is 0 Å². The van der Waals surface area contributed by atoms with Crippen molar-refractivity contribution in [2.75, 3.05) is 44.7 Å². The van der Waals surface area contributed by atoms with Gasteiger partial charge in [-0.2, -0.15) is 0 Å². The van der Waals surface area contributed by atoms with Crippen LogP contribution in [-0.2, 0) is 9.47 Å². The molecule has 2 heterocycles. The first kappa shape index (κ1) is 23.3. The highest BCUT2D eigenvalue weighted by Crippen LogP contribution is 2.32. The number of nitrogens with zero attached hydrogens (tertiary/aromatic N) is 2. The van der Waals surface area contributed by atoms with Gasteiger partial charge in [-0.15, -0.1) is 0 Å². The lowest BCUT2D eigenvalue weighted by Crippen LogP contribution is -2.45. The second-order valence-electron chi connectivity index (χ2n) is 8.08. The van der Waals surface area contributed by atoms with E-state index in [4.69, 9.17) is 21.7 Å².